The lowest BCUT2D eigenvalue weighted by Gasteiger charge is -2.29. The Morgan fingerprint density at radius 1 is 1.55 bits per heavy atom. The van der Waals surface area contributed by atoms with E-state index in [-0.39, 0.29) is 0 Å². The van der Waals surface area contributed by atoms with Crippen molar-refractivity contribution in [3.8, 4) is 0 Å². The van der Waals surface area contributed by atoms with E-state index in [1.807, 2.05) is 0 Å². The molecule has 1 fully saturated rings. The second kappa shape index (κ2) is 3.05. The molecule has 0 bridgehead atoms. The Balaban J connectivity index is 2.72. The predicted octanol–water partition coefficient (Wildman–Crippen LogP) is 1.05. The predicted molar refractivity (Wildman–Crippen MR) is 40.3 cm³/mol. The maximum Gasteiger partial charge on any atom is 0.313 e. The second-order valence-corrected chi connectivity index (χ2v) is 2.78. The van der Waals surface area contributed by atoms with E-state index in [1.54, 1.807) is 0 Å². The van der Waals surface area contributed by atoms with Gasteiger partial charge < -0.3 is 9.84 Å². The minimum absolute atomic E-state index is 0.526. The summed E-state index contributed by atoms with van der Waals surface area (Å²) >= 11 is 0. The highest BCUT2D eigenvalue weighted by molar-refractivity contribution is 5.77. The first-order chi connectivity index (χ1) is 5.21. The summed E-state index contributed by atoms with van der Waals surface area (Å²) in [6.07, 6.45) is 2.62. The lowest BCUT2D eigenvalue weighted by atomic mass is 9.81. The van der Waals surface area contributed by atoms with E-state index < -0.39 is 11.4 Å². The Hall–Kier alpha value is -0.830. The maximum absolute atomic E-state index is 10.8. The van der Waals surface area contributed by atoms with Crippen LogP contribution in [0, 0.1) is 5.41 Å². The van der Waals surface area contributed by atoms with Crippen molar-refractivity contribution in [2.24, 2.45) is 5.41 Å². The molecule has 0 aromatic heterocycles. The summed E-state index contributed by atoms with van der Waals surface area (Å²) in [5.41, 5.74) is -0.724. The van der Waals surface area contributed by atoms with Crippen LogP contribution in [0.15, 0.2) is 12.7 Å². The zero-order valence-corrected chi connectivity index (χ0v) is 6.38. The first-order valence-electron chi connectivity index (χ1n) is 3.66. The molecule has 0 unspecified atom stereocenters. The fraction of sp³-hybridized carbons (Fsp3) is 0.625. The quantitative estimate of drug-likeness (QED) is 0.608. The van der Waals surface area contributed by atoms with E-state index in [1.165, 1.54) is 6.08 Å². The van der Waals surface area contributed by atoms with Crippen molar-refractivity contribution in [1.82, 2.24) is 0 Å². The third kappa shape index (κ3) is 1.43. The molecule has 0 saturated carbocycles. The van der Waals surface area contributed by atoms with Crippen LogP contribution in [0.3, 0.4) is 0 Å². The van der Waals surface area contributed by atoms with Crippen LogP contribution >= 0.6 is 0 Å². The molecular formula is C8H12O3. The number of hydrogen-bond donors (Lipinski definition) is 1. The molecular weight excluding hydrogens is 144 g/mol. The summed E-state index contributed by atoms with van der Waals surface area (Å²) in [6, 6.07) is 0. The molecule has 11 heavy (non-hydrogen) atoms. The minimum Gasteiger partial charge on any atom is -0.481 e. The molecule has 1 rings (SSSR count). The number of carboxylic acids is 1. The standard InChI is InChI=1S/C8H12O3/c1-2-8(7(9)10)3-5-11-6-4-8/h2H,1,3-6H2,(H,9,10). The fourth-order valence-corrected chi connectivity index (χ4v) is 1.24. The SMILES string of the molecule is C=CC1(C(=O)O)CCOCC1. The molecule has 1 N–H and O–H groups in total. The summed E-state index contributed by atoms with van der Waals surface area (Å²) in [5.74, 6) is -0.782. The van der Waals surface area contributed by atoms with Crippen molar-refractivity contribution in [2.75, 3.05) is 13.2 Å². The van der Waals surface area contributed by atoms with E-state index in [0.717, 1.165) is 0 Å². The molecule has 0 atom stereocenters. The molecule has 0 amide bonds. The number of aliphatic carboxylic acids is 1. The molecule has 0 aromatic carbocycles. The van der Waals surface area contributed by atoms with E-state index in [4.69, 9.17) is 9.84 Å². The van der Waals surface area contributed by atoms with Gasteiger partial charge in [-0.2, -0.15) is 0 Å². The summed E-state index contributed by atoms with van der Waals surface area (Å²) in [7, 11) is 0. The van der Waals surface area contributed by atoms with Gasteiger partial charge in [0, 0.05) is 13.2 Å². The normalized spacial score (nSPS) is 22.5. The largest absolute Gasteiger partial charge is 0.481 e. The van der Waals surface area contributed by atoms with Crippen LogP contribution < -0.4 is 0 Å². The third-order valence-electron chi connectivity index (χ3n) is 2.20. The van der Waals surface area contributed by atoms with Gasteiger partial charge in [0.05, 0.1) is 5.41 Å². The number of carbonyl (C=O) groups is 1. The van der Waals surface area contributed by atoms with E-state index in [9.17, 15) is 4.79 Å². The Morgan fingerprint density at radius 2 is 2.09 bits per heavy atom. The van der Waals surface area contributed by atoms with Gasteiger partial charge in [-0.05, 0) is 12.8 Å². The molecule has 0 aliphatic carbocycles. The van der Waals surface area contributed by atoms with Gasteiger partial charge in [-0.1, -0.05) is 6.08 Å². The smallest absolute Gasteiger partial charge is 0.313 e. The highest BCUT2D eigenvalue weighted by Gasteiger charge is 2.36. The number of ether oxygens (including phenoxy) is 1. The zero-order chi connectivity index (χ0) is 8.32. The van der Waals surface area contributed by atoms with Gasteiger partial charge >= 0.3 is 5.97 Å². The summed E-state index contributed by atoms with van der Waals surface area (Å²) in [6.45, 7) is 4.59. The van der Waals surface area contributed by atoms with Gasteiger partial charge in [0.15, 0.2) is 0 Å². The van der Waals surface area contributed by atoms with Crippen molar-refractivity contribution in [2.45, 2.75) is 12.8 Å². The van der Waals surface area contributed by atoms with Crippen molar-refractivity contribution in [1.29, 1.82) is 0 Å². The first kappa shape index (κ1) is 8.27. The number of rotatable bonds is 2. The Labute approximate surface area is 65.7 Å². The highest BCUT2D eigenvalue weighted by Crippen LogP contribution is 2.31. The monoisotopic (exact) mass is 156 g/mol. The average molecular weight is 156 g/mol. The second-order valence-electron chi connectivity index (χ2n) is 2.78. The third-order valence-corrected chi connectivity index (χ3v) is 2.20. The topological polar surface area (TPSA) is 46.5 Å². The average Bonchev–Trinajstić information content (AvgIpc) is 2.05. The van der Waals surface area contributed by atoms with Gasteiger partial charge in [0.2, 0.25) is 0 Å². The maximum atomic E-state index is 10.8. The van der Waals surface area contributed by atoms with Crippen molar-refractivity contribution >= 4 is 5.97 Å². The lowest BCUT2D eigenvalue weighted by molar-refractivity contribution is -0.150. The molecule has 0 radical (unpaired) electrons. The minimum atomic E-state index is -0.782. The molecule has 1 saturated heterocycles. The van der Waals surface area contributed by atoms with Crippen LogP contribution in [0.1, 0.15) is 12.8 Å². The van der Waals surface area contributed by atoms with Gasteiger partial charge in [-0.15, -0.1) is 6.58 Å². The van der Waals surface area contributed by atoms with E-state index in [2.05, 4.69) is 6.58 Å². The zero-order valence-electron chi connectivity index (χ0n) is 6.38. The fourth-order valence-electron chi connectivity index (χ4n) is 1.24. The van der Waals surface area contributed by atoms with Crippen LogP contribution in [0.25, 0.3) is 0 Å². The molecule has 3 nitrogen and oxygen atoms in total. The van der Waals surface area contributed by atoms with Crippen LogP contribution in [0.2, 0.25) is 0 Å². The Morgan fingerprint density at radius 3 is 2.36 bits per heavy atom. The number of hydrogen-bond acceptors (Lipinski definition) is 2. The molecule has 0 aromatic rings. The van der Waals surface area contributed by atoms with Crippen molar-refractivity contribution < 1.29 is 14.6 Å². The van der Waals surface area contributed by atoms with E-state index in [0.29, 0.717) is 26.1 Å². The van der Waals surface area contributed by atoms with Crippen LogP contribution in [0.4, 0.5) is 0 Å². The van der Waals surface area contributed by atoms with E-state index >= 15 is 0 Å². The molecule has 62 valence electrons. The first-order valence-corrected chi connectivity index (χ1v) is 3.66. The molecule has 1 aliphatic heterocycles. The van der Waals surface area contributed by atoms with Crippen LogP contribution in [-0.4, -0.2) is 24.3 Å². The van der Waals surface area contributed by atoms with Crippen molar-refractivity contribution in [3.05, 3.63) is 12.7 Å². The van der Waals surface area contributed by atoms with Gasteiger partial charge in [0.1, 0.15) is 0 Å². The van der Waals surface area contributed by atoms with Crippen LogP contribution in [-0.2, 0) is 9.53 Å². The highest BCUT2D eigenvalue weighted by atomic mass is 16.5. The van der Waals surface area contributed by atoms with Crippen molar-refractivity contribution in [3.63, 3.8) is 0 Å². The molecule has 3 heteroatoms. The Bertz CT molecular complexity index is 168. The lowest BCUT2D eigenvalue weighted by Crippen LogP contribution is -2.35. The Kier molecular flexibility index (Phi) is 2.29. The van der Waals surface area contributed by atoms with Crippen LogP contribution in [0.5, 0.6) is 0 Å². The summed E-state index contributed by atoms with van der Waals surface area (Å²) in [5, 5.41) is 8.86. The van der Waals surface area contributed by atoms with Gasteiger partial charge in [0.25, 0.3) is 0 Å². The molecule has 1 heterocycles. The number of carboxylic acid groups (broad SMARTS) is 1. The summed E-state index contributed by atoms with van der Waals surface area (Å²) < 4.78 is 5.07. The van der Waals surface area contributed by atoms with Gasteiger partial charge in [-0.25, -0.2) is 0 Å². The molecule has 0 spiro atoms. The van der Waals surface area contributed by atoms with Gasteiger partial charge in [-0.3, -0.25) is 4.79 Å². The summed E-state index contributed by atoms with van der Waals surface area (Å²) in [4.78, 5) is 10.8. The molecule has 1 aliphatic rings.